The largest absolute Gasteiger partial charge is 0.372 e. The molecule has 0 saturated carbocycles. The maximum atomic E-state index is 13.6. The zero-order valence-electron chi connectivity index (χ0n) is 20.7. The van der Waals surface area contributed by atoms with Crippen LogP contribution in [0.25, 0.3) is 11.3 Å². The van der Waals surface area contributed by atoms with Crippen molar-refractivity contribution < 1.29 is 9.32 Å². The van der Waals surface area contributed by atoms with E-state index in [1.54, 1.807) is 36.1 Å². The molecule has 1 N–H and O–H groups in total. The van der Waals surface area contributed by atoms with Crippen molar-refractivity contribution in [3.05, 3.63) is 95.7 Å². The number of nitrogens with zero attached hydrogens (tertiary/aromatic N) is 4. The fraction of sp³-hybridized carbons (Fsp3) is 0.207. The van der Waals surface area contributed by atoms with E-state index in [2.05, 4.69) is 47.4 Å². The maximum absolute atomic E-state index is 13.6. The Morgan fingerprint density at radius 3 is 2.25 bits per heavy atom. The summed E-state index contributed by atoms with van der Waals surface area (Å²) in [4.78, 5) is 17.6. The van der Waals surface area contributed by atoms with Crippen molar-refractivity contribution in [2.24, 2.45) is 0 Å². The van der Waals surface area contributed by atoms with Gasteiger partial charge in [0.05, 0.1) is 18.2 Å². The Balaban J connectivity index is 1.70. The average molecular weight is 480 g/mol. The smallest absolute Gasteiger partial charge is 0.326 e. The number of nitriles is 1. The van der Waals surface area contributed by atoms with Crippen molar-refractivity contribution in [1.82, 2.24) is 5.16 Å². The van der Waals surface area contributed by atoms with E-state index in [9.17, 15) is 4.79 Å². The normalized spacial score (nSPS) is 10.5. The fourth-order valence-electron chi connectivity index (χ4n) is 4.13. The molecule has 7 nitrogen and oxygen atoms in total. The van der Waals surface area contributed by atoms with Crippen molar-refractivity contribution in [2.75, 3.05) is 28.2 Å². The fourth-order valence-corrected chi connectivity index (χ4v) is 4.13. The van der Waals surface area contributed by atoms with Gasteiger partial charge in [0.1, 0.15) is 11.4 Å². The number of aromatic nitrogens is 1. The van der Waals surface area contributed by atoms with Crippen LogP contribution in [0.5, 0.6) is 0 Å². The number of nitrogens with one attached hydrogen (secondary N) is 1. The third-order valence-corrected chi connectivity index (χ3v) is 6.06. The van der Waals surface area contributed by atoms with Gasteiger partial charge in [0, 0.05) is 30.0 Å². The van der Waals surface area contributed by atoms with Gasteiger partial charge < -0.3 is 14.7 Å². The van der Waals surface area contributed by atoms with Crippen LogP contribution in [0.3, 0.4) is 0 Å². The second kappa shape index (κ2) is 11.2. The van der Waals surface area contributed by atoms with E-state index in [0.717, 1.165) is 29.9 Å². The van der Waals surface area contributed by atoms with E-state index in [-0.39, 0.29) is 6.03 Å². The Kier molecular flexibility index (Phi) is 7.66. The van der Waals surface area contributed by atoms with Crippen molar-refractivity contribution in [3.8, 4) is 17.3 Å². The predicted octanol–water partition coefficient (Wildman–Crippen LogP) is 6.61. The van der Waals surface area contributed by atoms with Crippen molar-refractivity contribution in [3.63, 3.8) is 0 Å². The van der Waals surface area contributed by atoms with E-state index in [0.29, 0.717) is 34.9 Å². The van der Waals surface area contributed by atoms with Gasteiger partial charge in [0.2, 0.25) is 0 Å². The zero-order valence-corrected chi connectivity index (χ0v) is 20.7. The van der Waals surface area contributed by atoms with Crippen LogP contribution in [0.2, 0.25) is 0 Å². The van der Waals surface area contributed by atoms with E-state index < -0.39 is 0 Å². The molecule has 0 radical (unpaired) electrons. The van der Waals surface area contributed by atoms with Crippen molar-refractivity contribution >= 4 is 23.1 Å². The van der Waals surface area contributed by atoms with Crippen LogP contribution in [-0.2, 0) is 6.54 Å². The molecule has 0 fully saturated rings. The number of carbonyl (C=O) groups excluding carboxylic acids is 1. The number of amides is 2. The van der Waals surface area contributed by atoms with E-state index in [1.165, 1.54) is 0 Å². The summed E-state index contributed by atoms with van der Waals surface area (Å²) in [6.07, 6.45) is 0. The molecule has 0 aliphatic heterocycles. The van der Waals surface area contributed by atoms with Gasteiger partial charge in [-0.3, -0.25) is 4.90 Å². The summed E-state index contributed by atoms with van der Waals surface area (Å²) in [5.41, 5.74) is 5.31. The predicted molar refractivity (Wildman–Crippen MR) is 143 cm³/mol. The van der Waals surface area contributed by atoms with Crippen molar-refractivity contribution in [2.45, 2.75) is 27.3 Å². The Hall–Kier alpha value is -4.57. The molecule has 7 heteroatoms. The summed E-state index contributed by atoms with van der Waals surface area (Å²) in [6, 6.07) is 26.5. The van der Waals surface area contributed by atoms with Crippen LogP contribution in [-0.4, -0.2) is 24.3 Å². The Morgan fingerprint density at radius 2 is 1.64 bits per heavy atom. The standard InChI is InChI=1S/C29H29N5O2/c1-4-33(5-2)26-17-13-23(14-18-26)20-34(29(35)31-25-15-11-22(19-30)12-16-25)28-21(3)36-32-27(28)24-9-7-6-8-10-24/h6-18H,4-5,20H2,1-3H3,(H,31,35). The monoisotopic (exact) mass is 479 g/mol. The summed E-state index contributed by atoms with van der Waals surface area (Å²) < 4.78 is 5.56. The number of benzene rings is 3. The lowest BCUT2D eigenvalue weighted by Gasteiger charge is -2.25. The topological polar surface area (TPSA) is 85.4 Å². The van der Waals surface area contributed by atoms with Crippen LogP contribution in [0.4, 0.5) is 21.9 Å². The van der Waals surface area contributed by atoms with Gasteiger partial charge in [-0.1, -0.05) is 47.6 Å². The molecule has 1 heterocycles. The van der Waals surface area contributed by atoms with Gasteiger partial charge in [-0.15, -0.1) is 0 Å². The highest BCUT2D eigenvalue weighted by atomic mass is 16.5. The van der Waals surface area contributed by atoms with Gasteiger partial charge in [-0.2, -0.15) is 5.26 Å². The van der Waals surface area contributed by atoms with Crippen LogP contribution >= 0.6 is 0 Å². The second-order valence-corrected chi connectivity index (χ2v) is 8.35. The molecule has 1 aromatic heterocycles. The lowest BCUT2D eigenvalue weighted by molar-refractivity contribution is 0.256. The highest BCUT2D eigenvalue weighted by Gasteiger charge is 2.26. The van der Waals surface area contributed by atoms with Gasteiger partial charge in [0.25, 0.3) is 0 Å². The van der Waals surface area contributed by atoms with E-state index in [4.69, 9.17) is 9.78 Å². The molecule has 0 unspecified atom stereocenters. The molecule has 4 aromatic rings. The molecule has 182 valence electrons. The lowest BCUT2D eigenvalue weighted by Crippen LogP contribution is -2.35. The van der Waals surface area contributed by atoms with Gasteiger partial charge in [-0.05, 0) is 62.7 Å². The van der Waals surface area contributed by atoms with Crippen LogP contribution < -0.4 is 15.1 Å². The number of urea groups is 1. The average Bonchev–Trinajstić information content (AvgIpc) is 3.30. The molecule has 4 rings (SSSR count). The Labute approximate surface area is 211 Å². The summed E-state index contributed by atoms with van der Waals surface area (Å²) in [5.74, 6) is 0.545. The third kappa shape index (κ3) is 5.39. The summed E-state index contributed by atoms with van der Waals surface area (Å²) in [6.45, 7) is 8.24. The first-order chi connectivity index (χ1) is 17.5. The molecular formula is C29H29N5O2. The summed E-state index contributed by atoms with van der Waals surface area (Å²) in [5, 5.41) is 16.3. The summed E-state index contributed by atoms with van der Waals surface area (Å²) in [7, 11) is 0. The molecule has 36 heavy (non-hydrogen) atoms. The first kappa shape index (κ1) is 24.6. The molecule has 0 aliphatic rings. The number of rotatable bonds is 8. The van der Waals surface area contributed by atoms with Crippen LogP contribution in [0.15, 0.2) is 83.4 Å². The Bertz CT molecular complexity index is 1340. The molecule has 0 atom stereocenters. The molecule has 2 amide bonds. The van der Waals surface area contributed by atoms with Gasteiger partial charge in [0.15, 0.2) is 5.76 Å². The number of hydrogen-bond donors (Lipinski definition) is 1. The van der Waals surface area contributed by atoms with Gasteiger partial charge >= 0.3 is 6.03 Å². The number of aryl methyl sites for hydroxylation is 1. The molecular weight excluding hydrogens is 450 g/mol. The van der Waals surface area contributed by atoms with Crippen molar-refractivity contribution in [1.29, 1.82) is 5.26 Å². The number of hydrogen-bond acceptors (Lipinski definition) is 5. The first-order valence-corrected chi connectivity index (χ1v) is 12.0. The first-order valence-electron chi connectivity index (χ1n) is 12.0. The minimum atomic E-state index is -0.323. The highest BCUT2D eigenvalue weighted by Crippen LogP contribution is 2.35. The number of carbonyl (C=O) groups is 1. The summed E-state index contributed by atoms with van der Waals surface area (Å²) >= 11 is 0. The minimum absolute atomic E-state index is 0.322. The molecule has 0 saturated heterocycles. The zero-order chi connectivity index (χ0) is 25.5. The number of anilines is 3. The minimum Gasteiger partial charge on any atom is -0.372 e. The maximum Gasteiger partial charge on any atom is 0.326 e. The lowest BCUT2D eigenvalue weighted by atomic mass is 10.1. The second-order valence-electron chi connectivity index (χ2n) is 8.35. The molecule has 3 aromatic carbocycles. The van der Waals surface area contributed by atoms with Crippen LogP contribution in [0, 0.1) is 18.3 Å². The third-order valence-electron chi connectivity index (χ3n) is 6.06. The molecule has 0 aliphatic carbocycles. The van der Waals surface area contributed by atoms with Crippen LogP contribution in [0.1, 0.15) is 30.7 Å². The Morgan fingerprint density at radius 1 is 0.972 bits per heavy atom. The quantitative estimate of drug-likeness (QED) is 0.307. The molecule has 0 bridgehead atoms. The highest BCUT2D eigenvalue weighted by molar-refractivity contribution is 6.04. The van der Waals surface area contributed by atoms with Gasteiger partial charge in [-0.25, -0.2) is 4.79 Å². The SMILES string of the molecule is CCN(CC)c1ccc(CN(C(=O)Nc2ccc(C#N)cc2)c2c(-c3ccccc3)noc2C)cc1. The van der Waals surface area contributed by atoms with E-state index >= 15 is 0 Å². The van der Waals surface area contributed by atoms with E-state index in [1.807, 2.05) is 42.5 Å². The molecule has 0 spiro atoms.